The van der Waals surface area contributed by atoms with Crippen molar-refractivity contribution in [3.63, 3.8) is 0 Å². The van der Waals surface area contributed by atoms with Crippen molar-refractivity contribution in [3.8, 4) is 16.9 Å². The fourth-order valence-electron chi connectivity index (χ4n) is 5.35. The summed E-state index contributed by atoms with van der Waals surface area (Å²) in [5, 5.41) is 9.88. The Hall–Kier alpha value is -3.80. The Balaban J connectivity index is 1.34. The van der Waals surface area contributed by atoms with Gasteiger partial charge in [0.2, 0.25) is 0 Å². The van der Waals surface area contributed by atoms with E-state index in [9.17, 15) is 14.7 Å². The first-order valence-electron chi connectivity index (χ1n) is 11.4. The molecule has 2 aliphatic rings. The third kappa shape index (κ3) is 3.79. The van der Waals surface area contributed by atoms with E-state index in [-0.39, 0.29) is 31.5 Å². The van der Waals surface area contributed by atoms with Gasteiger partial charge < -0.3 is 19.5 Å². The van der Waals surface area contributed by atoms with Crippen LogP contribution in [-0.2, 0) is 9.53 Å². The van der Waals surface area contributed by atoms with Crippen molar-refractivity contribution >= 4 is 12.1 Å². The number of nitrogens with zero attached hydrogens (tertiary/aromatic N) is 1. The molecule has 2 atom stereocenters. The number of carbonyl (C=O) groups excluding carboxylic acids is 1. The number of carbonyl (C=O) groups is 2. The number of aliphatic carboxylic acids is 1. The topological polar surface area (TPSA) is 76.1 Å². The number of rotatable bonds is 5. The van der Waals surface area contributed by atoms with Crippen LogP contribution in [0.5, 0.6) is 5.75 Å². The second-order valence-corrected chi connectivity index (χ2v) is 9.01. The van der Waals surface area contributed by atoms with E-state index in [0.717, 1.165) is 33.4 Å². The van der Waals surface area contributed by atoms with Crippen LogP contribution in [0.3, 0.4) is 0 Å². The van der Waals surface area contributed by atoms with Crippen molar-refractivity contribution in [1.29, 1.82) is 0 Å². The molecule has 2 unspecified atom stereocenters. The van der Waals surface area contributed by atoms with Crippen LogP contribution in [0.4, 0.5) is 4.79 Å². The Morgan fingerprint density at radius 1 is 0.941 bits per heavy atom. The van der Waals surface area contributed by atoms with E-state index >= 15 is 0 Å². The lowest BCUT2D eigenvalue weighted by Gasteiger charge is -2.20. The van der Waals surface area contributed by atoms with Crippen LogP contribution in [-0.4, -0.2) is 48.9 Å². The summed E-state index contributed by atoms with van der Waals surface area (Å²) in [4.78, 5) is 26.6. The fourth-order valence-corrected chi connectivity index (χ4v) is 5.35. The summed E-state index contributed by atoms with van der Waals surface area (Å²) in [5.74, 6) is -1.43. The van der Waals surface area contributed by atoms with Gasteiger partial charge in [-0.2, -0.15) is 0 Å². The van der Waals surface area contributed by atoms with E-state index in [0.29, 0.717) is 5.75 Å². The highest BCUT2D eigenvalue weighted by molar-refractivity contribution is 5.79. The molecule has 6 heteroatoms. The summed E-state index contributed by atoms with van der Waals surface area (Å²) in [6.07, 6.45) is -0.484. The summed E-state index contributed by atoms with van der Waals surface area (Å²) in [7, 11) is 1.57. The first-order valence-corrected chi connectivity index (χ1v) is 11.4. The molecule has 1 amide bonds. The maximum absolute atomic E-state index is 13.1. The molecule has 6 nitrogen and oxygen atoms in total. The summed E-state index contributed by atoms with van der Waals surface area (Å²) in [6.45, 7) is 2.54. The van der Waals surface area contributed by atoms with E-state index in [1.54, 1.807) is 7.11 Å². The number of likely N-dealkylation sites (tertiary alicyclic amines) is 1. The molecule has 0 saturated carbocycles. The standard InChI is InChI=1S/C28H27NO5/c1-17-11-12-26(33-2)22(13-17)23-14-29(15-24(23)27(30)31)28(32)34-16-25-20-9-5-3-7-18(20)19-8-4-6-10-21(19)25/h3-13,23-25H,14-16H2,1-2H3,(H,30,31). The molecular weight excluding hydrogens is 430 g/mol. The second-order valence-electron chi connectivity index (χ2n) is 9.01. The van der Waals surface area contributed by atoms with Crippen LogP contribution < -0.4 is 4.74 Å². The van der Waals surface area contributed by atoms with E-state index in [4.69, 9.17) is 9.47 Å². The van der Waals surface area contributed by atoms with Gasteiger partial charge in [-0.25, -0.2) is 4.79 Å². The molecule has 1 fully saturated rings. The number of carboxylic acids is 1. The SMILES string of the molecule is COc1ccc(C)cc1C1CN(C(=O)OCC2c3ccccc3-c3ccccc32)CC1C(=O)O. The monoisotopic (exact) mass is 457 g/mol. The number of amides is 1. The van der Waals surface area contributed by atoms with Crippen LogP contribution in [0.15, 0.2) is 66.7 Å². The predicted molar refractivity (Wildman–Crippen MR) is 128 cm³/mol. The largest absolute Gasteiger partial charge is 0.496 e. The number of benzene rings is 3. The number of ether oxygens (including phenoxy) is 2. The number of aryl methyl sites for hydroxylation is 1. The molecule has 3 aromatic carbocycles. The van der Waals surface area contributed by atoms with E-state index < -0.39 is 18.0 Å². The van der Waals surface area contributed by atoms with Crippen LogP contribution >= 0.6 is 0 Å². The van der Waals surface area contributed by atoms with Gasteiger partial charge in [0, 0.05) is 30.5 Å². The molecule has 1 aliphatic heterocycles. The number of methoxy groups -OCH3 is 1. The van der Waals surface area contributed by atoms with E-state index in [1.807, 2.05) is 49.4 Å². The minimum atomic E-state index is -0.928. The molecule has 1 heterocycles. The molecule has 1 saturated heterocycles. The normalized spacial score (nSPS) is 18.9. The Labute approximate surface area is 198 Å². The first-order chi connectivity index (χ1) is 16.5. The van der Waals surface area contributed by atoms with Gasteiger partial charge in [0.15, 0.2) is 0 Å². The van der Waals surface area contributed by atoms with Gasteiger partial charge in [-0.3, -0.25) is 4.79 Å². The van der Waals surface area contributed by atoms with E-state index in [1.165, 1.54) is 4.90 Å². The molecule has 0 radical (unpaired) electrons. The van der Waals surface area contributed by atoms with E-state index in [2.05, 4.69) is 24.3 Å². The zero-order chi connectivity index (χ0) is 23.8. The Bertz CT molecular complexity index is 1210. The average Bonchev–Trinajstić information content (AvgIpc) is 3.43. The molecule has 0 spiro atoms. The third-order valence-corrected chi connectivity index (χ3v) is 7.02. The highest BCUT2D eigenvalue weighted by Gasteiger charge is 2.42. The van der Waals surface area contributed by atoms with Gasteiger partial charge in [0.25, 0.3) is 0 Å². The lowest BCUT2D eigenvalue weighted by atomic mass is 9.87. The van der Waals surface area contributed by atoms with Crippen molar-refractivity contribution in [3.05, 3.63) is 89.0 Å². The van der Waals surface area contributed by atoms with Crippen molar-refractivity contribution in [1.82, 2.24) is 4.90 Å². The molecule has 3 aromatic rings. The first kappa shape index (κ1) is 22.0. The molecule has 1 aliphatic carbocycles. The molecule has 174 valence electrons. The minimum absolute atomic E-state index is 0.0399. The summed E-state index contributed by atoms with van der Waals surface area (Å²) >= 11 is 0. The summed E-state index contributed by atoms with van der Waals surface area (Å²) in [5.41, 5.74) is 6.44. The van der Waals surface area contributed by atoms with Crippen LogP contribution in [0.1, 0.15) is 34.1 Å². The quantitative estimate of drug-likeness (QED) is 0.580. The number of fused-ring (bicyclic) bond motifs is 3. The molecular formula is C28H27NO5. The van der Waals surface area contributed by atoms with Crippen molar-refractivity contribution < 1.29 is 24.2 Å². The van der Waals surface area contributed by atoms with Gasteiger partial charge in [-0.15, -0.1) is 0 Å². The molecule has 1 N–H and O–H groups in total. The zero-order valence-corrected chi connectivity index (χ0v) is 19.2. The van der Waals surface area contributed by atoms with Gasteiger partial charge in [0.1, 0.15) is 12.4 Å². The van der Waals surface area contributed by atoms with Crippen LogP contribution in [0.25, 0.3) is 11.1 Å². The minimum Gasteiger partial charge on any atom is -0.496 e. The Morgan fingerprint density at radius 3 is 2.21 bits per heavy atom. The predicted octanol–water partition coefficient (Wildman–Crippen LogP) is 5.05. The van der Waals surface area contributed by atoms with Gasteiger partial charge >= 0.3 is 12.1 Å². The highest BCUT2D eigenvalue weighted by atomic mass is 16.6. The zero-order valence-electron chi connectivity index (χ0n) is 19.2. The number of hydrogen-bond acceptors (Lipinski definition) is 4. The second kappa shape index (κ2) is 8.86. The fraction of sp³-hybridized carbons (Fsp3) is 0.286. The maximum Gasteiger partial charge on any atom is 0.409 e. The van der Waals surface area contributed by atoms with Crippen LogP contribution in [0.2, 0.25) is 0 Å². The Morgan fingerprint density at radius 2 is 1.59 bits per heavy atom. The lowest BCUT2D eigenvalue weighted by molar-refractivity contribution is -0.141. The molecule has 5 rings (SSSR count). The van der Waals surface area contributed by atoms with Crippen molar-refractivity contribution in [2.24, 2.45) is 5.92 Å². The van der Waals surface area contributed by atoms with Crippen molar-refractivity contribution in [2.45, 2.75) is 18.8 Å². The average molecular weight is 458 g/mol. The molecule has 0 bridgehead atoms. The number of carboxylic acid groups (broad SMARTS) is 1. The summed E-state index contributed by atoms with van der Waals surface area (Å²) in [6, 6.07) is 22.1. The third-order valence-electron chi connectivity index (χ3n) is 7.02. The Kier molecular flexibility index (Phi) is 5.74. The maximum atomic E-state index is 13.1. The van der Waals surface area contributed by atoms with Crippen molar-refractivity contribution in [2.75, 3.05) is 26.8 Å². The van der Waals surface area contributed by atoms with Gasteiger partial charge in [0.05, 0.1) is 13.0 Å². The number of hydrogen-bond donors (Lipinski definition) is 1. The van der Waals surface area contributed by atoms with Gasteiger partial charge in [-0.1, -0.05) is 66.2 Å². The van der Waals surface area contributed by atoms with Crippen LogP contribution in [0, 0.1) is 12.8 Å². The summed E-state index contributed by atoms with van der Waals surface area (Å²) < 4.78 is 11.3. The smallest absolute Gasteiger partial charge is 0.409 e. The lowest BCUT2D eigenvalue weighted by Crippen LogP contribution is -2.31. The molecule has 34 heavy (non-hydrogen) atoms. The highest BCUT2D eigenvalue weighted by Crippen LogP contribution is 2.45. The molecule has 0 aromatic heterocycles. The van der Waals surface area contributed by atoms with Gasteiger partial charge in [-0.05, 0) is 35.2 Å².